The molecule has 6 heteroatoms. The molecular weight excluding hydrogens is 234 g/mol. The third kappa shape index (κ3) is 2.53. The van der Waals surface area contributed by atoms with Gasteiger partial charge in [-0.1, -0.05) is 0 Å². The summed E-state index contributed by atoms with van der Waals surface area (Å²) in [6.45, 7) is 1.75. The third-order valence-corrected chi connectivity index (χ3v) is 3.63. The minimum atomic E-state index is 0.551. The Labute approximate surface area is 104 Å². The van der Waals surface area contributed by atoms with Crippen LogP contribution in [0.2, 0.25) is 0 Å². The van der Waals surface area contributed by atoms with Gasteiger partial charge in [0.2, 0.25) is 0 Å². The number of hydrogen-bond acceptors (Lipinski definition) is 5. The summed E-state index contributed by atoms with van der Waals surface area (Å²) in [5.41, 5.74) is 1.35. The highest BCUT2D eigenvalue weighted by molar-refractivity contribution is 7.07. The Hall–Kier alpha value is -1.27. The van der Waals surface area contributed by atoms with Crippen molar-refractivity contribution in [3.8, 4) is 0 Å². The third-order valence-electron chi connectivity index (χ3n) is 2.90. The fraction of sp³-hybridized carbons (Fsp3) is 0.545. The van der Waals surface area contributed by atoms with Crippen LogP contribution in [0.3, 0.4) is 0 Å². The molecule has 1 aliphatic rings. The van der Waals surface area contributed by atoms with Gasteiger partial charge in [0.25, 0.3) is 0 Å². The number of tetrazole rings is 1. The van der Waals surface area contributed by atoms with Crippen LogP contribution in [0.4, 0.5) is 0 Å². The highest BCUT2D eigenvalue weighted by atomic mass is 32.1. The molecule has 1 fully saturated rings. The molecule has 3 rings (SSSR count). The highest BCUT2D eigenvalue weighted by Gasteiger charge is 2.27. The summed E-state index contributed by atoms with van der Waals surface area (Å²) in [5, 5.41) is 16.2. The number of thiophene rings is 1. The second-order valence-corrected chi connectivity index (χ2v) is 5.35. The molecule has 2 aromatic heterocycles. The number of nitrogens with zero attached hydrogens (tertiary/aromatic N) is 5. The number of aromatic nitrogens is 4. The van der Waals surface area contributed by atoms with Crippen molar-refractivity contribution in [2.45, 2.75) is 32.0 Å². The number of rotatable bonds is 5. The van der Waals surface area contributed by atoms with E-state index >= 15 is 0 Å². The zero-order chi connectivity index (χ0) is 11.7. The minimum Gasteiger partial charge on any atom is -0.295 e. The zero-order valence-corrected chi connectivity index (χ0v) is 10.6. The van der Waals surface area contributed by atoms with Crippen LogP contribution in [0.25, 0.3) is 0 Å². The summed E-state index contributed by atoms with van der Waals surface area (Å²) in [7, 11) is 2.10. The first-order valence-electron chi connectivity index (χ1n) is 5.79. The summed E-state index contributed by atoms with van der Waals surface area (Å²) < 4.78 is 1.98. The van der Waals surface area contributed by atoms with Crippen molar-refractivity contribution in [1.29, 1.82) is 0 Å². The maximum absolute atomic E-state index is 4.11. The van der Waals surface area contributed by atoms with Gasteiger partial charge in [-0.05, 0) is 52.7 Å². The fourth-order valence-corrected chi connectivity index (χ4v) is 2.57. The lowest BCUT2D eigenvalue weighted by Gasteiger charge is -2.14. The van der Waals surface area contributed by atoms with Crippen LogP contribution in [-0.2, 0) is 13.1 Å². The molecule has 90 valence electrons. The van der Waals surface area contributed by atoms with Crippen LogP contribution in [0.1, 0.15) is 30.3 Å². The van der Waals surface area contributed by atoms with Gasteiger partial charge in [0.05, 0.1) is 12.6 Å². The first-order valence-corrected chi connectivity index (χ1v) is 6.73. The molecule has 0 atom stereocenters. The first kappa shape index (κ1) is 10.9. The van der Waals surface area contributed by atoms with Gasteiger partial charge >= 0.3 is 0 Å². The molecule has 0 aliphatic heterocycles. The molecule has 0 radical (unpaired) electrons. The van der Waals surface area contributed by atoms with E-state index in [0.717, 1.165) is 18.9 Å². The molecule has 2 aromatic rings. The molecule has 17 heavy (non-hydrogen) atoms. The van der Waals surface area contributed by atoms with Crippen LogP contribution < -0.4 is 0 Å². The Morgan fingerprint density at radius 2 is 2.35 bits per heavy atom. The van der Waals surface area contributed by atoms with E-state index in [4.69, 9.17) is 0 Å². The van der Waals surface area contributed by atoms with Crippen molar-refractivity contribution >= 4 is 11.3 Å². The summed E-state index contributed by atoms with van der Waals surface area (Å²) in [5.74, 6) is 0.977. The van der Waals surface area contributed by atoms with E-state index in [9.17, 15) is 0 Å². The average Bonchev–Trinajstić information content (AvgIpc) is 2.84. The summed E-state index contributed by atoms with van der Waals surface area (Å²) in [6.07, 6.45) is 2.43. The van der Waals surface area contributed by atoms with E-state index in [2.05, 4.69) is 44.3 Å². The Balaban J connectivity index is 1.63. The highest BCUT2D eigenvalue weighted by Crippen LogP contribution is 2.34. The van der Waals surface area contributed by atoms with E-state index < -0.39 is 0 Å². The Morgan fingerprint density at radius 1 is 1.47 bits per heavy atom. The Kier molecular flexibility index (Phi) is 2.90. The second kappa shape index (κ2) is 4.54. The SMILES string of the molecule is CN(Cc1ccsc1)Cc1nnnn1C1CC1. The van der Waals surface area contributed by atoms with Crippen LogP contribution in [-0.4, -0.2) is 32.2 Å². The molecule has 0 bridgehead atoms. The van der Waals surface area contributed by atoms with Crippen molar-refractivity contribution in [3.63, 3.8) is 0 Å². The smallest absolute Gasteiger partial charge is 0.165 e. The van der Waals surface area contributed by atoms with Crippen LogP contribution in [0.5, 0.6) is 0 Å². The average molecular weight is 249 g/mol. The topological polar surface area (TPSA) is 46.8 Å². The normalized spacial score (nSPS) is 15.6. The van der Waals surface area contributed by atoms with Crippen LogP contribution in [0.15, 0.2) is 16.8 Å². The Bertz CT molecular complexity index is 474. The zero-order valence-electron chi connectivity index (χ0n) is 9.78. The van der Waals surface area contributed by atoms with Crippen molar-refractivity contribution in [1.82, 2.24) is 25.1 Å². The second-order valence-electron chi connectivity index (χ2n) is 4.57. The summed E-state index contributed by atoms with van der Waals surface area (Å²) in [6, 6.07) is 2.71. The number of hydrogen-bond donors (Lipinski definition) is 0. The molecule has 0 unspecified atom stereocenters. The van der Waals surface area contributed by atoms with Gasteiger partial charge < -0.3 is 0 Å². The van der Waals surface area contributed by atoms with Gasteiger partial charge in [-0.2, -0.15) is 11.3 Å². The largest absolute Gasteiger partial charge is 0.295 e. The van der Waals surface area contributed by atoms with Crippen molar-refractivity contribution in [2.24, 2.45) is 0 Å². The van der Waals surface area contributed by atoms with Crippen molar-refractivity contribution in [3.05, 3.63) is 28.2 Å². The van der Waals surface area contributed by atoms with E-state index in [-0.39, 0.29) is 0 Å². The lowest BCUT2D eigenvalue weighted by atomic mass is 10.3. The molecule has 1 aliphatic carbocycles. The van der Waals surface area contributed by atoms with Gasteiger partial charge in [-0.15, -0.1) is 5.10 Å². The van der Waals surface area contributed by atoms with Gasteiger partial charge in [-0.25, -0.2) is 4.68 Å². The standard InChI is InChI=1S/C11H15N5S/c1-15(6-9-4-5-17-8-9)7-11-12-13-14-16(11)10-2-3-10/h4-5,8,10H,2-3,6-7H2,1H3. The predicted molar refractivity (Wildman–Crippen MR) is 65.6 cm³/mol. The maximum atomic E-state index is 4.11. The van der Waals surface area contributed by atoms with Gasteiger partial charge in [0.1, 0.15) is 0 Å². The summed E-state index contributed by atoms with van der Waals surface area (Å²) >= 11 is 1.74. The molecule has 2 heterocycles. The van der Waals surface area contributed by atoms with Crippen LogP contribution >= 0.6 is 11.3 Å². The molecular formula is C11H15N5S. The van der Waals surface area contributed by atoms with E-state index in [0.29, 0.717) is 6.04 Å². The van der Waals surface area contributed by atoms with Crippen molar-refractivity contribution in [2.75, 3.05) is 7.05 Å². The van der Waals surface area contributed by atoms with E-state index in [1.165, 1.54) is 18.4 Å². The lowest BCUT2D eigenvalue weighted by Crippen LogP contribution is -2.20. The summed E-state index contributed by atoms with van der Waals surface area (Å²) in [4.78, 5) is 2.24. The van der Waals surface area contributed by atoms with E-state index in [1.54, 1.807) is 11.3 Å². The quantitative estimate of drug-likeness (QED) is 0.809. The molecule has 1 saturated carbocycles. The van der Waals surface area contributed by atoms with Gasteiger partial charge in [-0.3, -0.25) is 4.90 Å². The lowest BCUT2D eigenvalue weighted by molar-refractivity contribution is 0.303. The van der Waals surface area contributed by atoms with Crippen molar-refractivity contribution < 1.29 is 0 Å². The minimum absolute atomic E-state index is 0.551. The monoisotopic (exact) mass is 249 g/mol. The van der Waals surface area contributed by atoms with Crippen LogP contribution in [0, 0.1) is 0 Å². The molecule has 0 N–H and O–H groups in total. The first-order chi connectivity index (χ1) is 8.33. The Morgan fingerprint density at radius 3 is 3.06 bits per heavy atom. The molecule has 0 aromatic carbocycles. The van der Waals surface area contributed by atoms with E-state index in [1.807, 2.05) is 4.68 Å². The maximum Gasteiger partial charge on any atom is 0.165 e. The molecule has 5 nitrogen and oxygen atoms in total. The van der Waals surface area contributed by atoms with Gasteiger partial charge in [0.15, 0.2) is 5.82 Å². The molecule has 0 amide bonds. The molecule has 0 saturated heterocycles. The predicted octanol–water partition coefficient (Wildman–Crippen LogP) is 1.70. The fourth-order valence-electron chi connectivity index (χ4n) is 1.91. The molecule has 0 spiro atoms. The van der Waals surface area contributed by atoms with Gasteiger partial charge in [0, 0.05) is 6.54 Å².